The molecule has 0 aliphatic rings. The quantitative estimate of drug-likeness (QED) is 0.662. The number of carbonyl (C=O) groups excluding carboxylic acids is 1. The first kappa shape index (κ1) is 13.0. The van der Waals surface area contributed by atoms with Gasteiger partial charge in [-0.3, -0.25) is 4.79 Å². The lowest BCUT2D eigenvalue weighted by molar-refractivity contribution is -0.120. The van der Waals surface area contributed by atoms with Crippen LogP contribution in [0, 0.1) is 5.82 Å². The van der Waals surface area contributed by atoms with Crippen LogP contribution in [0.25, 0.3) is 0 Å². The van der Waals surface area contributed by atoms with Crippen molar-refractivity contribution < 1.29 is 9.18 Å². The maximum absolute atomic E-state index is 13.3. The Morgan fingerprint density at radius 2 is 1.79 bits per heavy atom. The van der Waals surface area contributed by atoms with Crippen molar-refractivity contribution in [3.8, 4) is 0 Å². The fourth-order valence-electron chi connectivity index (χ4n) is 1.57. The number of hydrogen-bond acceptors (Lipinski definition) is 2. The van der Waals surface area contributed by atoms with Crippen molar-refractivity contribution in [1.29, 1.82) is 0 Å². The molecule has 3 nitrogen and oxygen atoms in total. The van der Waals surface area contributed by atoms with Gasteiger partial charge in [0, 0.05) is 5.56 Å². The Morgan fingerprint density at radius 1 is 1.11 bits per heavy atom. The molecule has 0 atom stereocenters. The van der Waals surface area contributed by atoms with Crippen molar-refractivity contribution >= 4 is 12.1 Å². The molecular weight excluding hydrogens is 243 g/mol. The first-order valence-electron chi connectivity index (χ1n) is 5.86. The topological polar surface area (TPSA) is 41.5 Å². The Bertz CT molecular complexity index is 582. The second kappa shape index (κ2) is 6.44. The van der Waals surface area contributed by atoms with Gasteiger partial charge in [0.15, 0.2) is 0 Å². The van der Waals surface area contributed by atoms with E-state index in [4.69, 9.17) is 0 Å². The number of halogens is 1. The third-order valence-corrected chi connectivity index (χ3v) is 2.51. The van der Waals surface area contributed by atoms with Gasteiger partial charge in [0.25, 0.3) is 0 Å². The number of nitrogens with one attached hydrogen (secondary N) is 1. The highest BCUT2D eigenvalue weighted by molar-refractivity contribution is 5.83. The van der Waals surface area contributed by atoms with Gasteiger partial charge in [0.2, 0.25) is 5.91 Å². The van der Waals surface area contributed by atoms with E-state index in [1.54, 1.807) is 18.2 Å². The Morgan fingerprint density at radius 3 is 2.53 bits per heavy atom. The van der Waals surface area contributed by atoms with E-state index in [1.165, 1.54) is 12.3 Å². The van der Waals surface area contributed by atoms with Gasteiger partial charge in [-0.2, -0.15) is 5.10 Å². The summed E-state index contributed by atoms with van der Waals surface area (Å²) in [6.45, 7) is 0. The summed E-state index contributed by atoms with van der Waals surface area (Å²) in [4.78, 5) is 11.6. The minimum atomic E-state index is -0.372. The normalized spacial score (nSPS) is 10.6. The Hall–Kier alpha value is -2.49. The molecule has 2 aromatic carbocycles. The third kappa shape index (κ3) is 4.03. The molecule has 1 N–H and O–H groups in total. The van der Waals surface area contributed by atoms with Crippen LogP contribution >= 0.6 is 0 Å². The fourth-order valence-corrected chi connectivity index (χ4v) is 1.57. The summed E-state index contributed by atoms with van der Waals surface area (Å²) in [5.41, 5.74) is 3.61. The summed E-state index contributed by atoms with van der Waals surface area (Å²) in [6.07, 6.45) is 1.54. The van der Waals surface area contributed by atoms with Gasteiger partial charge in [-0.15, -0.1) is 0 Å². The number of benzene rings is 2. The molecule has 2 aromatic rings. The van der Waals surface area contributed by atoms with E-state index in [9.17, 15) is 9.18 Å². The summed E-state index contributed by atoms with van der Waals surface area (Å²) in [5, 5.41) is 3.73. The highest BCUT2D eigenvalue weighted by Gasteiger charge is 2.01. The van der Waals surface area contributed by atoms with Crippen LogP contribution in [0.4, 0.5) is 4.39 Å². The first-order valence-corrected chi connectivity index (χ1v) is 5.86. The Kier molecular flexibility index (Phi) is 4.39. The fraction of sp³-hybridized carbons (Fsp3) is 0.0667. The standard InChI is InChI=1S/C15H13FN2O/c16-14-9-5-4-8-13(14)11-17-18-15(19)10-12-6-2-1-3-7-12/h1-9,11H,10H2,(H,18,19)/b17-11-. The monoisotopic (exact) mass is 256 g/mol. The summed E-state index contributed by atoms with van der Waals surface area (Å²) >= 11 is 0. The summed E-state index contributed by atoms with van der Waals surface area (Å²) < 4.78 is 13.3. The van der Waals surface area contributed by atoms with Gasteiger partial charge in [-0.05, 0) is 11.6 Å². The second-order valence-electron chi connectivity index (χ2n) is 3.98. The molecule has 0 fully saturated rings. The van der Waals surface area contributed by atoms with E-state index in [-0.39, 0.29) is 18.1 Å². The molecule has 0 radical (unpaired) electrons. The van der Waals surface area contributed by atoms with Crippen LogP contribution in [0.2, 0.25) is 0 Å². The minimum Gasteiger partial charge on any atom is -0.273 e. The molecule has 0 aromatic heterocycles. The number of carbonyl (C=O) groups is 1. The SMILES string of the molecule is O=C(Cc1ccccc1)N/N=C\c1ccccc1F. The van der Waals surface area contributed by atoms with E-state index in [1.807, 2.05) is 30.3 Å². The zero-order chi connectivity index (χ0) is 13.5. The molecule has 0 aliphatic heterocycles. The lowest BCUT2D eigenvalue weighted by atomic mass is 10.1. The molecule has 0 heterocycles. The molecule has 2 rings (SSSR count). The van der Waals surface area contributed by atoms with E-state index >= 15 is 0 Å². The third-order valence-electron chi connectivity index (χ3n) is 2.51. The molecule has 1 amide bonds. The second-order valence-corrected chi connectivity index (χ2v) is 3.98. The molecule has 0 aliphatic carbocycles. The van der Waals surface area contributed by atoms with Crippen LogP contribution < -0.4 is 5.43 Å². The highest BCUT2D eigenvalue weighted by atomic mass is 19.1. The summed E-state index contributed by atoms with van der Waals surface area (Å²) in [5.74, 6) is -0.609. The predicted molar refractivity (Wildman–Crippen MR) is 72.3 cm³/mol. The van der Waals surface area contributed by atoms with Crippen LogP contribution in [0.3, 0.4) is 0 Å². The minimum absolute atomic E-state index is 0.237. The zero-order valence-corrected chi connectivity index (χ0v) is 10.2. The molecule has 0 bridgehead atoms. The van der Waals surface area contributed by atoms with Crippen molar-refractivity contribution in [2.24, 2.45) is 5.10 Å². The van der Waals surface area contributed by atoms with Crippen LogP contribution in [0.15, 0.2) is 59.7 Å². The first-order chi connectivity index (χ1) is 9.25. The van der Waals surface area contributed by atoms with E-state index in [0.717, 1.165) is 5.56 Å². The number of hydrogen-bond donors (Lipinski definition) is 1. The van der Waals surface area contributed by atoms with Crippen LogP contribution in [0.1, 0.15) is 11.1 Å². The molecule has 0 saturated heterocycles. The predicted octanol–water partition coefficient (Wildman–Crippen LogP) is 2.52. The lowest BCUT2D eigenvalue weighted by Gasteiger charge is -2.00. The van der Waals surface area contributed by atoms with E-state index < -0.39 is 0 Å². The molecular formula is C15H13FN2O. The summed E-state index contributed by atoms with van der Waals surface area (Å²) in [7, 11) is 0. The lowest BCUT2D eigenvalue weighted by Crippen LogP contribution is -2.19. The van der Waals surface area contributed by atoms with Gasteiger partial charge in [0.1, 0.15) is 5.82 Å². The maximum atomic E-state index is 13.3. The van der Waals surface area contributed by atoms with Gasteiger partial charge in [-0.1, -0.05) is 48.5 Å². The van der Waals surface area contributed by atoms with Crippen LogP contribution in [-0.2, 0) is 11.2 Å². The van der Waals surface area contributed by atoms with Gasteiger partial charge in [-0.25, -0.2) is 9.82 Å². The maximum Gasteiger partial charge on any atom is 0.244 e. The average Bonchev–Trinajstić information content (AvgIpc) is 2.42. The Labute approximate surface area is 110 Å². The molecule has 0 spiro atoms. The van der Waals surface area contributed by atoms with Crippen molar-refractivity contribution in [2.45, 2.75) is 6.42 Å². The number of amides is 1. The van der Waals surface area contributed by atoms with E-state index in [0.29, 0.717) is 5.56 Å². The molecule has 19 heavy (non-hydrogen) atoms. The number of hydrazone groups is 1. The number of rotatable bonds is 4. The number of nitrogens with zero attached hydrogens (tertiary/aromatic N) is 1. The van der Waals surface area contributed by atoms with Crippen molar-refractivity contribution in [3.63, 3.8) is 0 Å². The van der Waals surface area contributed by atoms with Gasteiger partial charge < -0.3 is 0 Å². The van der Waals surface area contributed by atoms with Crippen LogP contribution in [0.5, 0.6) is 0 Å². The average molecular weight is 256 g/mol. The molecule has 96 valence electrons. The Balaban J connectivity index is 1.89. The van der Waals surface area contributed by atoms with Crippen molar-refractivity contribution in [2.75, 3.05) is 0 Å². The van der Waals surface area contributed by atoms with Crippen molar-refractivity contribution in [1.82, 2.24) is 5.43 Å². The van der Waals surface area contributed by atoms with Gasteiger partial charge in [0.05, 0.1) is 12.6 Å². The van der Waals surface area contributed by atoms with Crippen LogP contribution in [-0.4, -0.2) is 12.1 Å². The largest absolute Gasteiger partial charge is 0.273 e. The highest BCUT2D eigenvalue weighted by Crippen LogP contribution is 2.02. The molecule has 0 saturated carbocycles. The van der Waals surface area contributed by atoms with E-state index in [2.05, 4.69) is 10.5 Å². The molecule has 0 unspecified atom stereocenters. The van der Waals surface area contributed by atoms with Gasteiger partial charge >= 0.3 is 0 Å². The summed E-state index contributed by atoms with van der Waals surface area (Å²) in [6, 6.07) is 15.6. The van der Waals surface area contributed by atoms with Crippen molar-refractivity contribution in [3.05, 3.63) is 71.5 Å². The zero-order valence-electron chi connectivity index (χ0n) is 10.2. The molecule has 4 heteroatoms. The smallest absolute Gasteiger partial charge is 0.244 e.